The Morgan fingerprint density at radius 3 is 2.64 bits per heavy atom. The lowest BCUT2D eigenvalue weighted by Gasteiger charge is -2.20. The van der Waals surface area contributed by atoms with E-state index in [1.807, 2.05) is 13.0 Å². The van der Waals surface area contributed by atoms with Gasteiger partial charge in [0.15, 0.2) is 0 Å². The van der Waals surface area contributed by atoms with Crippen molar-refractivity contribution in [2.45, 2.75) is 50.3 Å². The maximum absolute atomic E-state index is 13.8. The molecule has 0 aliphatic heterocycles. The maximum Gasteiger partial charge on any atom is 0.265 e. The molecular weight excluding hydrogens is 483 g/mol. The molecular formula is C24H26ClFN2O3S2. The molecule has 1 saturated carbocycles. The van der Waals surface area contributed by atoms with Crippen molar-refractivity contribution in [3.63, 3.8) is 0 Å². The molecule has 4 rings (SSSR count). The van der Waals surface area contributed by atoms with Crippen LogP contribution < -0.4 is 9.46 Å². The van der Waals surface area contributed by atoms with E-state index in [2.05, 4.69) is 4.72 Å². The quantitative estimate of drug-likeness (QED) is 0.379. The van der Waals surface area contributed by atoms with Crippen molar-refractivity contribution in [1.29, 1.82) is 0 Å². The number of halogens is 2. The van der Waals surface area contributed by atoms with Crippen LogP contribution in [0.15, 0.2) is 41.3 Å². The standard InChI is InChI=1S/C24H26ClFN2O3S2/c1-15-24(32-23(27-15)12-16-6-4-3-5-7-16)17-8-11-21(31-2)22(13-17)33(29,30)28-18-9-10-19(25)20(26)14-18/h8-11,13-14,16,28H,3-7,12H2,1-2H3. The summed E-state index contributed by atoms with van der Waals surface area (Å²) in [7, 11) is -2.63. The molecule has 1 aliphatic carbocycles. The van der Waals surface area contributed by atoms with Crippen molar-refractivity contribution in [2.75, 3.05) is 11.8 Å². The van der Waals surface area contributed by atoms with Gasteiger partial charge in [-0.3, -0.25) is 4.72 Å². The average molecular weight is 509 g/mol. The van der Waals surface area contributed by atoms with Gasteiger partial charge in [0, 0.05) is 6.42 Å². The number of methoxy groups -OCH3 is 1. The van der Waals surface area contributed by atoms with Crippen LogP contribution in [0.25, 0.3) is 10.4 Å². The lowest BCUT2D eigenvalue weighted by molar-refractivity contribution is 0.356. The molecule has 3 aromatic rings. The van der Waals surface area contributed by atoms with Gasteiger partial charge in [0.2, 0.25) is 0 Å². The predicted octanol–water partition coefficient (Wildman–Crippen LogP) is 6.84. The van der Waals surface area contributed by atoms with Gasteiger partial charge in [0.1, 0.15) is 16.5 Å². The van der Waals surface area contributed by atoms with Crippen LogP contribution in [0.3, 0.4) is 0 Å². The van der Waals surface area contributed by atoms with E-state index in [1.165, 1.54) is 51.3 Å². The summed E-state index contributed by atoms with van der Waals surface area (Å²) in [4.78, 5) is 5.68. The predicted molar refractivity (Wildman–Crippen MR) is 131 cm³/mol. The first-order valence-corrected chi connectivity index (χ1v) is 13.6. The van der Waals surface area contributed by atoms with Crippen LogP contribution in [0.4, 0.5) is 10.1 Å². The Balaban J connectivity index is 1.64. The van der Waals surface area contributed by atoms with Gasteiger partial charge in [-0.05, 0) is 54.8 Å². The van der Waals surface area contributed by atoms with Crippen LogP contribution in [-0.2, 0) is 16.4 Å². The van der Waals surface area contributed by atoms with Crippen molar-refractivity contribution in [2.24, 2.45) is 5.92 Å². The molecule has 1 fully saturated rings. The van der Waals surface area contributed by atoms with E-state index >= 15 is 0 Å². The second kappa shape index (κ2) is 9.99. The highest BCUT2D eigenvalue weighted by Crippen LogP contribution is 2.37. The molecule has 176 valence electrons. The average Bonchev–Trinajstić information content (AvgIpc) is 3.16. The summed E-state index contributed by atoms with van der Waals surface area (Å²) in [5.74, 6) is 0.168. The van der Waals surface area contributed by atoms with Crippen molar-refractivity contribution in [3.8, 4) is 16.2 Å². The number of aryl methyl sites for hydroxylation is 1. The first-order chi connectivity index (χ1) is 15.8. The minimum Gasteiger partial charge on any atom is -0.495 e. The smallest absolute Gasteiger partial charge is 0.265 e. The van der Waals surface area contributed by atoms with E-state index in [1.54, 1.807) is 23.5 Å². The molecule has 33 heavy (non-hydrogen) atoms. The van der Waals surface area contributed by atoms with E-state index in [0.717, 1.165) is 33.6 Å². The molecule has 1 N–H and O–H groups in total. The summed E-state index contributed by atoms with van der Waals surface area (Å²) in [6, 6.07) is 8.80. The minimum atomic E-state index is -4.05. The Hall–Kier alpha value is -2.16. The normalized spacial score (nSPS) is 14.9. The number of rotatable bonds is 7. The largest absolute Gasteiger partial charge is 0.495 e. The van der Waals surface area contributed by atoms with Gasteiger partial charge in [-0.25, -0.2) is 17.8 Å². The van der Waals surface area contributed by atoms with Crippen LogP contribution in [0.2, 0.25) is 5.02 Å². The molecule has 9 heteroatoms. The summed E-state index contributed by atoms with van der Waals surface area (Å²) < 4.78 is 47.8. The number of aromatic nitrogens is 1. The van der Waals surface area contributed by atoms with E-state index < -0.39 is 15.8 Å². The van der Waals surface area contributed by atoms with Crippen LogP contribution in [-0.4, -0.2) is 20.5 Å². The van der Waals surface area contributed by atoms with Crippen LogP contribution in [0, 0.1) is 18.7 Å². The van der Waals surface area contributed by atoms with Gasteiger partial charge in [-0.1, -0.05) is 43.7 Å². The summed E-state index contributed by atoms with van der Waals surface area (Å²) in [6.07, 6.45) is 7.35. The number of anilines is 1. The molecule has 0 amide bonds. The van der Waals surface area contributed by atoms with E-state index in [-0.39, 0.29) is 21.4 Å². The monoisotopic (exact) mass is 508 g/mol. The van der Waals surface area contributed by atoms with E-state index in [0.29, 0.717) is 5.92 Å². The van der Waals surface area contributed by atoms with Gasteiger partial charge in [-0.2, -0.15) is 0 Å². The molecule has 0 saturated heterocycles. The molecule has 0 atom stereocenters. The zero-order valence-corrected chi connectivity index (χ0v) is 20.9. The van der Waals surface area contributed by atoms with Gasteiger partial charge in [-0.15, -0.1) is 11.3 Å². The molecule has 2 aromatic carbocycles. The summed E-state index contributed by atoms with van der Waals surface area (Å²) in [5.41, 5.74) is 1.71. The summed E-state index contributed by atoms with van der Waals surface area (Å²) in [6.45, 7) is 1.95. The van der Waals surface area contributed by atoms with Crippen LogP contribution >= 0.6 is 22.9 Å². The Bertz CT molecular complexity index is 1250. The lowest BCUT2D eigenvalue weighted by Crippen LogP contribution is -2.14. The summed E-state index contributed by atoms with van der Waals surface area (Å²) >= 11 is 7.32. The Morgan fingerprint density at radius 2 is 1.94 bits per heavy atom. The Morgan fingerprint density at radius 1 is 1.18 bits per heavy atom. The third-order valence-corrected chi connectivity index (χ3v) is 8.85. The topological polar surface area (TPSA) is 68.3 Å². The Labute approximate surface area is 203 Å². The SMILES string of the molecule is COc1ccc(-c2sc(CC3CCCCC3)nc2C)cc1S(=O)(=O)Nc1ccc(Cl)c(F)c1. The number of benzene rings is 2. The Kier molecular flexibility index (Phi) is 7.26. The number of thiazole rings is 1. The molecule has 0 spiro atoms. The molecule has 5 nitrogen and oxygen atoms in total. The number of sulfonamides is 1. The van der Waals surface area contributed by atoms with Gasteiger partial charge in [0.25, 0.3) is 10.0 Å². The number of hydrogen-bond acceptors (Lipinski definition) is 5. The van der Waals surface area contributed by atoms with Gasteiger partial charge in [0.05, 0.1) is 33.4 Å². The third-order valence-electron chi connectivity index (χ3n) is 5.92. The molecule has 1 heterocycles. The first-order valence-electron chi connectivity index (χ1n) is 10.9. The van der Waals surface area contributed by atoms with Gasteiger partial charge >= 0.3 is 0 Å². The fourth-order valence-electron chi connectivity index (χ4n) is 4.24. The van der Waals surface area contributed by atoms with Crippen molar-refractivity contribution in [3.05, 3.63) is 57.9 Å². The van der Waals surface area contributed by atoms with E-state index in [9.17, 15) is 12.8 Å². The maximum atomic E-state index is 13.8. The molecule has 1 aromatic heterocycles. The highest BCUT2D eigenvalue weighted by molar-refractivity contribution is 7.92. The highest BCUT2D eigenvalue weighted by atomic mass is 35.5. The van der Waals surface area contributed by atoms with Gasteiger partial charge < -0.3 is 4.74 Å². The molecule has 0 bridgehead atoms. The molecule has 0 unspecified atom stereocenters. The number of nitrogens with zero attached hydrogens (tertiary/aromatic N) is 1. The summed E-state index contributed by atoms with van der Waals surface area (Å²) in [5, 5.41) is 1.01. The first kappa shape index (κ1) is 24.0. The fourth-order valence-corrected chi connectivity index (χ4v) is 6.78. The number of ether oxygens (including phenoxy) is 1. The third kappa shape index (κ3) is 5.50. The van der Waals surface area contributed by atoms with Crippen LogP contribution in [0.5, 0.6) is 5.75 Å². The molecule has 0 radical (unpaired) electrons. The van der Waals surface area contributed by atoms with E-state index in [4.69, 9.17) is 21.3 Å². The highest BCUT2D eigenvalue weighted by Gasteiger charge is 2.23. The van der Waals surface area contributed by atoms with Crippen molar-refractivity contribution in [1.82, 2.24) is 4.98 Å². The zero-order valence-electron chi connectivity index (χ0n) is 18.5. The van der Waals surface area contributed by atoms with Crippen LogP contribution in [0.1, 0.15) is 42.8 Å². The molecule has 1 aliphatic rings. The zero-order chi connectivity index (χ0) is 23.6. The lowest BCUT2D eigenvalue weighted by atomic mass is 9.87. The van der Waals surface area contributed by atoms with Crippen molar-refractivity contribution < 1.29 is 17.5 Å². The fraction of sp³-hybridized carbons (Fsp3) is 0.375. The number of hydrogen-bond donors (Lipinski definition) is 1. The second-order valence-electron chi connectivity index (χ2n) is 8.33. The minimum absolute atomic E-state index is 0.0283. The second-order valence-corrected chi connectivity index (χ2v) is 11.5. The van der Waals surface area contributed by atoms with Crippen molar-refractivity contribution >= 4 is 38.6 Å². The number of nitrogens with one attached hydrogen (secondary N) is 1.